The molecule has 0 aliphatic carbocycles. The molecule has 0 unspecified atom stereocenters. The van der Waals surface area contributed by atoms with E-state index in [-0.39, 0.29) is 5.69 Å². The summed E-state index contributed by atoms with van der Waals surface area (Å²) in [7, 11) is 0. The molecular formula is C11H11N3O2. The Hall–Kier alpha value is -2.40. The first kappa shape index (κ1) is 13.6. The van der Waals surface area contributed by atoms with Crippen molar-refractivity contribution in [2.45, 2.75) is 19.8 Å². The molecule has 0 saturated heterocycles. The van der Waals surface area contributed by atoms with Crippen LogP contribution in [0.3, 0.4) is 0 Å². The molecule has 0 radical (unpaired) electrons. The third-order valence-corrected chi connectivity index (χ3v) is 1.70. The molecule has 0 N–H and O–H groups in total. The van der Waals surface area contributed by atoms with Gasteiger partial charge in [-0.25, -0.2) is 0 Å². The summed E-state index contributed by atoms with van der Waals surface area (Å²) in [5, 5.41) is 27.4. The van der Waals surface area contributed by atoms with E-state index in [1.165, 1.54) is 24.3 Å². The van der Waals surface area contributed by atoms with Crippen molar-refractivity contribution < 1.29 is 4.92 Å². The Morgan fingerprint density at radius 2 is 1.62 bits per heavy atom. The van der Waals surface area contributed by atoms with E-state index in [4.69, 9.17) is 10.5 Å². The van der Waals surface area contributed by atoms with Crippen molar-refractivity contribution in [1.82, 2.24) is 0 Å². The van der Waals surface area contributed by atoms with Crippen LogP contribution in [0.15, 0.2) is 24.3 Å². The van der Waals surface area contributed by atoms with Crippen LogP contribution >= 0.6 is 0 Å². The Balaban J connectivity index is 0.00000106. The SMILES string of the molecule is CC.N#CC(C#N)c1ccc([N+](=O)[O-])cc1. The Labute approximate surface area is 93.7 Å². The first-order valence-electron chi connectivity index (χ1n) is 4.72. The molecule has 5 nitrogen and oxygen atoms in total. The van der Waals surface area contributed by atoms with Gasteiger partial charge in [0.15, 0.2) is 5.92 Å². The summed E-state index contributed by atoms with van der Waals surface area (Å²) in [4.78, 5) is 9.77. The van der Waals surface area contributed by atoms with Gasteiger partial charge in [-0.2, -0.15) is 10.5 Å². The maximum Gasteiger partial charge on any atom is 0.269 e. The second kappa shape index (κ2) is 6.97. The van der Waals surface area contributed by atoms with Crippen molar-refractivity contribution in [1.29, 1.82) is 10.5 Å². The molecule has 0 aliphatic heterocycles. The molecule has 0 amide bonds. The Morgan fingerprint density at radius 3 is 1.94 bits per heavy atom. The normalized spacial score (nSPS) is 8.31. The quantitative estimate of drug-likeness (QED) is 0.562. The molecule has 82 valence electrons. The second-order valence-corrected chi connectivity index (χ2v) is 2.54. The summed E-state index contributed by atoms with van der Waals surface area (Å²) in [6.07, 6.45) is 0. The minimum absolute atomic E-state index is 0.0524. The fraction of sp³-hybridized carbons (Fsp3) is 0.273. The summed E-state index contributed by atoms with van der Waals surface area (Å²) >= 11 is 0. The molecule has 1 aromatic rings. The van der Waals surface area contributed by atoms with Gasteiger partial charge in [0.05, 0.1) is 17.1 Å². The third kappa shape index (κ3) is 3.39. The zero-order valence-electron chi connectivity index (χ0n) is 9.04. The number of rotatable bonds is 2. The Bertz CT molecular complexity index is 412. The summed E-state index contributed by atoms with van der Waals surface area (Å²) in [5.41, 5.74) is 0.420. The van der Waals surface area contributed by atoms with Gasteiger partial charge in [0, 0.05) is 12.1 Å². The van der Waals surface area contributed by atoms with Crippen LogP contribution in [0.2, 0.25) is 0 Å². The van der Waals surface area contributed by atoms with E-state index in [0.29, 0.717) is 5.56 Å². The summed E-state index contributed by atoms with van der Waals surface area (Å²) in [6.45, 7) is 4.00. The zero-order chi connectivity index (χ0) is 12.6. The standard InChI is InChI=1S/C9H5N3O2.C2H6/c10-5-8(6-11)7-1-3-9(4-2-7)12(13)14;1-2/h1-4,8H;1-2H3. The molecular weight excluding hydrogens is 206 g/mol. The van der Waals surface area contributed by atoms with Crippen LogP contribution in [-0.4, -0.2) is 4.92 Å². The van der Waals surface area contributed by atoms with Crippen LogP contribution in [0.25, 0.3) is 0 Å². The number of nitriles is 2. The smallest absolute Gasteiger partial charge is 0.258 e. The van der Waals surface area contributed by atoms with Gasteiger partial charge in [0.25, 0.3) is 5.69 Å². The third-order valence-electron chi connectivity index (χ3n) is 1.70. The van der Waals surface area contributed by atoms with Crippen molar-refractivity contribution in [2.75, 3.05) is 0 Å². The fourth-order valence-corrected chi connectivity index (χ4v) is 0.966. The number of nitro benzene ring substituents is 1. The number of hydrogen-bond acceptors (Lipinski definition) is 4. The highest BCUT2D eigenvalue weighted by Gasteiger charge is 2.10. The molecule has 0 aromatic heterocycles. The predicted octanol–water partition coefficient (Wildman–Crippen LogP) is 2.75. The first-order valence-corrected chi connectivity index (χ1v) is 4.72. The predicted molar refractivity (Wildman–Crippen MR) is 58.4 cm³/mol. The van der Waals surface area contributed by atoms with Crippen LogP contribution < -0.4 is 0 Å². The van der Waals surface area contributed by atoms with Gasteiger partial charge in [0.1, 0.15) is 0 Å². The number of hydrogen-bond donors (Lipinski definition) is 0. The lowest BCUT2D eigenvalue weighted by molar-refractivity contribution is -0.384. The summed E-state index contributed by atoms with van der Waals surface area (Å²) < 4.78 is 0. The van der Waals surface area contributed by atoms with Crippen LogP contribution in [0.5, 0.6) is 0 Å². The molecule has 0 aliphatic rings. The molecule has 0 fully saturated rings. The highest BCUT2D eigenvalue weighted by atomic mass is 16.6. The van der Waals surface area contributed by atoms with E-state index in [0.717, 1.165) is 0 Å². The largest absolute Gasteiger partial charge is 0.269 e. The average molecular weight is 217 g/mol. The Morgan fingerprint density at radius 1 is 1.19 bits per heavy atom. The number of non-ortho nitro benzene ring substituents is 1. The van der Waals surface area contributed by atoms with Gasteiger partial charge in [-0.1, -0.05) is 13.8 Å². The lowest BCUT2D eigenvalue weighted by Gasteiger charge is -1.98. The van der Waals surface area contributed by atoms with Crippen molar-refractivity contribution in [3.8, 4) is 12.1 Å². The summed E-state index contributed by atoms with van der Waals surface area (Å²) in [5.74, 6) is -0.865. The molecule has 0 spiro atoms. The van der Waals surface area contributed by atoms with Gasteiger partial charge < -0.3 is 0 Å². The zero-order valence-corrected chi connectivity index (χ0v) is 9.04. The van der Waals surface area contributed by atoms with Crippen LogP contribution in [0, 0.1) is 32.8 Å². The van der Waals surface area contributed by atoms with Crippen LogP contribution in [0.1, 0.15) is 25.3 Å². The van der Waals surface area contributed by atoms with Crippen LogP contribution in [0.4, 0.5) is 5.69 Å². The lowest BCUT2D eigenvalue weighted by atomic mass is 10.0. The second-order valence-electron chi connectivity index (χ2n) is 2.54. The topological polar surface area (TPSA) is 90.7 Å². The van der Waals surface area contributed by atoms with E-state index in [1.54, 1.807) is 12.1 Å². The van der Waals surface area contributed by atoms with Crippen molar-refractivity contribution in [3.63, 3.8) is 0 Å². The molecule has 0 heterocycles. The van der Waals surface area contributed by atoms with Gasteiger partial charge >= 0.3 is 0 Å². The van der Waals surface area contributed by atoms with Gasteiger partial charge in [-0.05, 0) is 17.7 Å². The Kier molecular flexibility index (Phi) is 5.92. The van der Waals surface area contributed by atoms with Gasteiger partial charge in [-0.15, -0.1) is 0 Å². The van der Waals surface area contributed by atoms with Crippen molar-refractivity contribution >= 4 is 5.69 Å². The molecule has 0 atom stereocenters. The number of nitro groups is 1. The van der Waals surface area contributed by atoms with Gasteiger partial charge in [-0.3, -0.25) is 10.1 Å². The van der Waals surface area contributed by atoms with Crippen molar-refractivity contribution in [2.24, 2.45) is 0 Å². The molecule has 5 heteroatoms. The first-order chi connectivity index (χ1) is 7.69. The maximum absolute atomic E-state index is 10.3. The number of nitrogens with zero attached hydrogens (tertiary/aromatic N) is 3. The molecule has 0 bridgehead atoms. The highest BCUT2D eigenvalue weighted by Crippen LogP contribution is 2.18. The average Bonchev–Trinajstić information content (AvgIpc) is 2.34. The molecule has 16 heavy (non-hydrogen) atoms. The highest BCUT2D eigenvalue weighted by molar-refractivity contribution is 5.38. The van der Waals surface area contributed by atoms with Crippen molar-refractivity contribution in [3.05, 3.63) is 39.9 Å². The summed E-state index contributed by atoms with van der Waals surface area (Å²) in [6, 6.07) is 8.94. The van der Waals surface area contributed by atoms with E-state index >= 15 is 0 Å². The lowest BCUT2D eigenvalue weighted by Crippen LogP contribution is -1.93. The minimum atomic E-state index is -0.865. The molecule has 1 aromatic carbocycles. The number of benzene rings is 1. The van der Waals surface area contributed by atoms with E-state index in [2.05, 4.69) is 0 Å². The monoisotopic (exact) mass is 217 g/mol. The van der Waals surface area contributed by atoms with E-state index < -0.39 is 10.8 Å². The van der Waals surface area contributed by atoms with Gasteiger partial charge in [0.2, 0.25) is 0 Å². The van der Waals surface area contributed by atoms with Crippen LogP contribution in [-0.2, 0) is 0 Å². The van der Waals surface area contributed by atoms with E-state index in [9.17, 15) is 10.1 Å². The molecule has 1 rings (SSSR count). The fourth-order valence-electron chi connectivity index (χ4n) is 0.966. The maximum atomic E-state index is 10.3. The minimum Gasteiger partial charge on any atom is -0.258 e. The molecule has 0 saturated carbocycles. The van der Waals surface area contributed by atoms with E-state index in [1.807, 2.05) is 13.8 Å².